The average Bonchev–Trinajstić information content (AvgIpc) is 3.09. The quantitative estimate of drug-likeness (QED) is 0.934. The van der Waals surface area contributed by atoms with Gasteiger partial charge in [-0.1, -0.05) is 36.4 Å². The van der Waals surface area contributed by atoms with Crippen LogP contribution in [0.1, 0.15) is 12.8 Å². The Labute approximate surface area is 130 Å². The molecule has 0 bridgehead atoms. The van der Waals surface area contributed by atoms with Crippen molar-refractivity contribution in [2.24, 2.45) is 0 Å². The highest BCUT2D eigenvalue weighted by Gasteiger charge is 2.20. The molecule has 4 nitrogen and oxygen atoms in total. The minimum absolute atomic E-state index is 0.132. The molecular weight excluding hydrogens is 276 g/mol. The maximum atomic E-state index is 12.7. The zero-order chi connectivity index (χ0) is 15.2. The third kappa shape index (κ3) is 3.46. The summed E-state index contributed by atoms with van der Waals surface area (Å²) < 4.78 is 5.56. The van der Waals surface area contributed by atoms with Crippen LogP contribution in [0.3, 0.4) is 0 Å². The SMILES string of the molecule is O=C(NCC1CCCO1)N(c1ccccc1)c1ccccc1. The van der Waals surface area contributed by atoms with Crippen molar-refractivity contribution < 1.29 is 9.53 Å². The van der Waals surface area contributed by atoms with Gasteiger partial charge in [-0.25, -0.2) is 4.79 Å². The fourth-order valence-corrected chi connectivity index (χ4v) is 2.62. The molecule has 1 heterocycles. The second kappa shape index (κ2) is 7.09. The van der Waals surface area contributed by atoms with Gasteiger partial charge in [0.05, 0.1) is 17.5 Å². The van der Waals surface area contributed by atoms with E-state index < -0.39 is 0 Å². The van der Waals surface area contributed by atoms with Gasteiger partial charge in [0.2, 0.25) is 0 Å². The Morgan fingerprint density at radius 1 is 1.05 bits per heavy atom. The van der Waals surface area contributed by atoms with Crippen molar-refractivity contribution in [2.75, 3.05) is 18.1 Å². The molecule has 4 heteroatoms. The molecule has 1 atom stereocenters. The second-order valence-corrected chi connectivity index (χ2v) is 5.33. The van der Waals surface area contributed by atoms with Gasteiger partial charge in [-0.05, 0) is 37.1 Å². The number of amides is 2. The topological polar surface area (TPSA) is 41.6 Å². The Bertz CT molecular complexity index is 555. The van der Waals surface area contributed by atoms with Gasteiger partial charge < -0.3 is 10.1 Å². The normalized spacial score (nSPS) is 17.2. The van der Waals surface area contributed by atoms with E-state index in [1.54, 1.807) is 4.90 Å². The van der Waals surface area contributed by atoms with Crippen LogP contribution in [0.2, 0.25) is 0 Å². The van der Waals surface area contributed by atoms with E-state index in [1.165, 1.54) is 0 Å². The molecule has 0 saturated carbocycles. The lowest BCUT2D eigenvalue weighted by Crippen LogP contribution is -2.40. The summed E-state index contributed by atoms with van der Waals surface area (Å²) in [6, 6.07) is 19.2. The van der Waals surface area contributed by atoms with Crippen molar-refractivity contribution in [1.82, 2.24) is 5.32 Å². The van der Waals surface area contributed by atoms with Crippen LogP contribution in [-0.2, 0) is 4.74 Å². The van der Waals surface area contributed by atoms with Crippen LogP contribution in [0.25, 0.3) is 0 Å². The highest BCUT2D eigenvalue weighted by molar-refractivity contribution is 5.99. The number of carbonyl (C=O) groups excluding carboxylic acids is 1. The zero-order valence-corrected chi connectivity index (χ0v) is 12.4. The van der Waals surface area contributed by atoms with Gasteiger partial charge in [-0.15, -0.1) is 0 Å². The molecule has 1 N–H and O–H groups in total. The van der Waals surface area contributed by atoms with E-state index in [1.807, 2.05) is 60.7 Å². The van der Waals surface area contributed by atoms with E-state index in [0.29, 0.717) is 6.54 Å². The van der Waals surface area contributed by atoms with Crippen molar-refractivity contribution in [2.45, 2.75) is 18.9 Å². The number of anilines is 2. The highest BCUT2D eigenvalue weighted by Crippen LogP contribution is 2.25. The number of hydrogen-bond acceptors (Lipinski definition) is 2. The fraction of sp³-hybridized carbons (Fsp3) is 0.278. The summed E-state index contributed by atoms with van der Waals surface area (Å²) in [4.78, 5) is 14.3. The zero-order valence-electron chi connectivity index (χ0n) is 12.4. The third-order valence-electron chi connectivity index (χ3n) is 3.74. The lowest BCUT2D eigenvalue weighted by molar-refractivity contribution is 0.112. The third-order valence-corrected chi connectivity index (χ3v) is 3.74. The molecule has 0 aliphatic carbocycles. The van der Waals surface area contributed by atoms with Crippen molar-refractivity contribution in [1.29, 1.82) is 0 Å². The van der Waals surface area contributed by atoms with Crippen molar-refractivity contribution >= 4 is 17.4 Å². The minimum Gasteiger partial charge on any atom is -0.376 e. The first-order chi connectivity index (χ1) is 10.8. The van der Waals surface area contributed by atoms with Crippen molar-refractivity contribution in [3.05, 3.63) is 60.7 Å². The molecule has 0 radical (unpaired) electrons. The van der Waals surface area contributed by atoms with Gasteiger partial charge in [-0.3, -0.25) is 4.90 Å². The molecule has 1 saturated heterocycles. The van der Waals surface area contributed by atoms with Gasteiger partial charge in [0.15, 0.2) is 0 Å². The summed E-state index contributed by atoms with van der Waals surface area (Å²) in [5.41, 5.74) is 1.69. The first-order valence-corrected chi connectivity index (χ1v) is 7.64. The molecule has 0 spiro atoms. The Morgan fingerprint density at radius 3 is 2.14 bits per heavy atom. The molecule has 1 aliphatic rings. The summed E-state index contributed by atoms with van der Waals surface area (Å²) in [6.07, 6.45) is 2.22. The summed E-state index contributed by atoms with van der Waals surface area (Å²) >= 11 is 0. The first-order valence-electron chi connectivity index (χ1n) is 7.64. The summed E-state index contributed by atoms with van der Waals surface area (Å²) in [6.45, 7) is 1.34. The lowest BCUT2D eigenvalue weighted by atomic mass is 10.2. The van der Waals surface area contributed by atoms with Crippen LogP contribution in [-0.4, -0.2) is 25.3 Å². The molecule has 22 heavy (non-hydrogen) atoms. The lowest BCUT2D eigenvalue weighted by Gasteiger charge is -2.24. The number of nitrogens with zero attached hydrogens (tertiary/aromatic N) is 1. The van der Waals surface area contributed by atoms with Gasteiger partial charge in [0.1, 0.15) is 0 Å². The number of benzene rings is 2. The maximum absolute atomic E-state index is 12.7. The number of urea groups is 1. The molecule has 2 aromatic carbocycles. The van der Waals surface area contributed by atoms with E-state index >= 15 is 0 Å². The average molecular weight is 296 g/mol. The van der Waals surface area contributed by atoms with Crippen LogP contribution in [0.15, 0.2) is 60.7 Å². The number of hydrogen-bond donors (Lipinski definition) is 1. The first kappa shape index (κ1) is 14.6. The van der Waals surface area contributed by atoms with Gasteiger partial charge >= 0.3 is 6.03 Å². The number of ether oxygens (including phenoxy) is 1. The van der Waals surface area contributed by atoms with E-state index in [-0.39, 0.29) is 12.1 Å². The molecule has 3 rings (SSSR count). The second-order valence-electron chi connectivity index (χ2n) is 5.33. The molecule has 2 aromatic rings. The summed E-state index contributed by atoms with van der Waals surface area (Å²) in [7, 11) is 0. The van der Waals surface area contributed by atoms with Crippen LogP contribution in [0.5, 0.6) is 0 Å². The predicted molar refractivity (Wildman–Crippen MR) is 87.4 cm³/mol. The Kier molecular flexibility index (Phi) is 4.71. The van der Waals surface area contributed by atoms with E-state index in [9.17, 15) is 4.79 Å². The predicted octanol–water partition coefficient (Wildman–Crippen LogP) is 3.71. The summed E-state index contributed by atoms with van der Waals surface area (Å²) in [5, 5.41) is 2.98. The van der Waals surface area contributed by atoms with E-state index in [0.717, 1.165) is 30.8 Å². The number of rotatable bonds is 4. The van der Waals surface area contributed by atoms with Crippen molar-refractivity contribution in [3.8, 4) is 0 Å². The van der Waals surface area contributed by atoms with E-state index in [4.69, 9.17) is 4.74 Å². The monoisotopic (exact) mass is 296 g/mol. The Balaban J connectivity index is 1.77. The minimum atomic E-state index is -0.132. The smallest absolute Gasteiger partial charge is 0.326 e. The molecule has 1 aliphatic heterocycles. The van der Waals surface area contributed by atoms with Crippen LogP contribution in [0, 0.1) is 0 Å². The highest BCUT2D eigenvalue weighted by atomic mass is 16.5. The van der Waals surface area contributed by atoms with Crippen LogP contribution in [0.4, 0.5) is 16.2 Å². The van der Waals surface area contributed by atoms with Crippen molar-refractivity contribution in [3.63, 3.8) is 0 Å². The summed E-state index contributed by atoms with van der Waals surface area (Å²) in [5.74, 6) is 0. The standard InChI is InChI=1S/C18H20N2O2/c21-18(19-14-17-12-7-13-22-17)20(15-8-3-1-4-9-15)16-10-5-2-6-11-16/h1-6,8-11,17H,7,12-14H2,(H,19,21). The van der Waals surface area contributed by atoms with Gasteiger partial charge in [0.25, 0.3) is 0 Å². The number of carbonyl (C=O) groups is 1. The van der Waals surface area contributed by atoms with Gasteiger partial charge in [0, 0.05) is 13.2 Å². The fourth-order valence-electron chi connectivity index (χ4n) is 2.62. The largest absolute Gasteiger partial charge is 0.376 e. The van der Waals surface area contributed by atoms with Crippen LogP contribution >= 0.6 is 0 Å². The molecule has 2 amide bonds. The van der Waals surface area contributed by atoms with Gasteiger partial charge in [-0.2, -0.15) is 0 Å². The number of para-hydroxylation sites is 2. The molecular formula is C18H20N2O2. The van der Waals surface area contributed by atoms with Crippen LogP contribution < -0.4 is 10.2 Å². The molecule has 114 valence electrons. The maximum Gasteiger partial charge on any atom is 0.326 e. The Morgan fingerprint density at radius 2 is 1.64 bits per heavy atom. The number of nitrogens with one attached hydrogen (secondary N) is 1. The Hall–Kier alpha value is -2.33. The van der Waals surface area contributed by atoms with E-state index in [2.05, 4.69) is 5.32 Å². The molecule has 1 fully saturated rings. The molecule has 1 unspecified atom stereocenters. The molecule has 0 aromatic heterocycles.